The lowest BCUT2D eigenvalue weighted by Crippen LogP contribution is -2.27. The molecule has 0 saturated carbocycles. The Morgan fingerprint density at radius 1 is 1.08 bits per heavy atom. The Kier molecular flexibility index (Phi) is 5.55. The molecule has 0 radical (unpaired) electrons. The van der Waals surface area contributed by atoms with Crippen molar-refractivity contribution in [2.75, 3.05) is 19.7 Å². The Morgan fingerprint density at radius 2 is 1.73 bits per heavy atom. The molecule has 0 unspecified atom stereocenters. The highest BCUT2D eigenvalue weighted by Gasteiger charge is 2.27. The fourth-order valence-corrected chi connectivity index (χ4v) is 5.02. The van der Waals surface area contributed by atoms with Crippen LogP contribution in [0.25, 0.3) is 0 Å². The number of ketones is 1. The third-order valence-electron chi connectivity index (χ3n) is 4.14. The number of carbonyl (C=O) groups is 2. The number of ether oxygens (including phenoxy) is 1. The largest absolute Gasteiger partial charge is 0.454 e. The molecule has 2 heterocycles. The van der Waals surface area contributed by atoms with Crippen LogP contribution in [0, 0.1) is 6.92 Å². The van der Waals surface area contributed by atoms with E-state index >= 15 is 0 Å². The van der Waals surface area contributed by atoms with Gasteiger partial charge in [-0.15, -0.1) is 11.3 Å². The maximum absolute atomic E-state index is 12.5. The lowest BCUT2D eigenvalue weighted by Gasteiger charge is -2.15. The number of sulfonamides is 1. The Balaban J connectivity index is 1.62. The Morgan fingerprint density at radius 3 is 2.31 bits per heavy atom. The van der Waals surface area contributed by atoms with E-state index in [1.54, 1.807) is 6.07 Å². The van der Waals surface area contributed by atoms with Gasteiger partial charge in [0, 0.05) is 18.0 Å². The van der Waals surface area contributed by atoms with Crippen molar-refractivity contribution in [2.24, 2.45) is 0 Å². The van der Waals surface area contributed by atoms with E-state index in [4.69, 9.17) is 4.74 Å². The molecular weight excluding hydrogens is 374 g/mol. The highest BCUT2D eigenvalue weighted by Crippen LogP contribution is 2.21. The lowest BCUT2D eigenvalue weighted by atomic mass is 10.2. The first-order chi connectivity index (χ1) is 12.4. The van der Waals surface area contributed by atoms with Gasteiger partial charge in [0.1, 0.15) is 0 Å². The topological polar surface area (TPSA) is 80.8 Å². The number of benzene rings is 1. The minimum Gasteiger partial charge on any atom is -0.454 e. The number of aryl methyl sites for hydroxylation is 1. The molecule has 1 aromatic carbocycles. The summed E-state index contributed by atoms with van der Waals surface area (Å²) >= 11 is 1.35. The van der Waals surface area contributed by atoms with Gasteiger partial charge in [-0.05, 0) is 56.2 Å². The number of nitrogens with zero attached hydrogens (tertiary/aromatic N) is 1. The van der Waals surface area contributed by atoms with Crippen molar-refractivity contribution in [1.82, 2.24) is 4.31 Å². The smallest absolute Gasteiger partial charge is 0.338 e. The van der Waals surface area contributed by atoms with Gasteiger partial charge in [0.2, 0.25) is 15.8 Å². The van der Waals surface area contributed by atoms with Crippen LogP contribution >= 0.6 is 11.3 Å². The van der Waals surface area contributed by atoms with Gasteiger partial charge in [-0.1, -0.05) is 0 Å². The fourth-order valence-electron chi connectivity index (χ4n) is 2.71. The first kappa shape index (κ1) is 18.8. The maximum atomic E-state index is 12.5. The van der Waals surface area contributed by atoms with Gasteiger partial charge in [0.05, 0.1) is 15.3 Å². The molecule has 0 amide bonds. The monoisotopic (exact) mass is 393 g/mol. The van der Waals surface area contributed by atoms with E-state index in [0.717, 1.165) is 17.7 Å². The van der Waals surface area contributed by atoms with Gasteiger partial charge in [0.25, 0.3) is 0 Å². The summed E-state index contributed by atoms with van der Waals surface area (Å²) in [5, 5.41) is 0. The van der Waals surface area contributed by atoms with Crippen molar-refractivity contribution in [3.05, 3.63) is 51.7 Å². The van der Waals surface area contributed by atoms with Gasteiger partial charge in [-0.2, -0.15) is 4.31 Å². The average Bonchev–Trinajstić information content (AvgIpc) is 3.31. The second kappa shape index (κ2) is 7.69. The first-order valence-corrected chi connectivity index (χ1v) is 10.5. The molecule has 8 heteroatoms. The molecule has 1 aliphatic rings. The summed E-state index contributed by atoms with van der Waals surface area (Å²) in [6, 6.07) is 9.15. The molecule has 2 aromatic rings. The Hall–Kier alpha value is -2.03. The molecule has 1 saturated heterocycles. The Bertz CT molecular complexity index is 909. The van der Waals surface area contributed by atoms with Crippen molar-refractivity contribution >= 4 is 33.1 Å². The van der Waals surface area contributed by atoms with E-state index in [2.05, 4.69) is 0 Å². The average molecular weight is 393 g/mol. The fraction of sp³-hybridized carbons (Fsp3) is 0.333. The predicted octanol–water partition coefficient (Wildman–Crippen LogP) is 2.88. The molecule has 1 fully saturated rings. The van der Waals surface area contributed by atoms with Crippen LogP contribution in [-0.2, 0) is 14.8 Å². The SMILES string of the molecule is Cc1ccc(C(=O)COC(=O)c2ccc(S(=O)(=O)N3CCCC3)cc2)s1. The van der Waals surface area contributed by atoms with Crippen LogP contribution in [0.15, 0.2) is 41.3 Å². The van der Waals surface area contributed by atoms with Crippen molar-refractivity contribution < 1.29 is 22.7 Å². The van der Waals surface area contributed by atoms with E-state index in [1.165, 1.54) is 39.9 Å². The summed E-state index contributed by atoms with van der Waals surface area (Å²) in [7, 11) is -3.51. The summed E-state index contributed by atoms with van der Waals surface area (Å²) in [4.78, 5) is 25.8. The second-order valence-corrected chi connectivity index (χ2v) is 9.27. The van der Waals surface area contributed by atoms with Crippen molar-refractivity contribution in [3.63, 3.8) is 0 Å². The van der Waals surface area contributed by atoms with Gasteiger partial charge < -0.3 is 4.74 Å². The molecule has 3 rings (SSSR count). The number of rotatable bonds is 6. The van der Waals surface area contributed by atoms with Crippen molar-refractivity contribution in [3.8, 4) is 0 Å². The van der Waals surface area contributed by atoms with Gasteiger partial charge >= 0.3 is 5.97 Å². The Labute approximate surface area is 156 Å². The lowest BCUT2D eigenvalue weighted by molar-refractivity contribution is 0.0475. The van der Waals surface area contributed by atoms with Gasteiger partial charge in [-0.3, -0.25) is 4.79 Å². The molecule has 0 spiro atoms. The first-order valence-electron chi connectivity index (χ1n) is 8.25. The number of Topliss-reactive ketones (excluding diaryl/α,β-unsaturated/α-hetero) is 1. The number of hydrogen-bond donors (Lipinski definition) is 0. The molecule has 6 nitrogen and oxygen atoms in total. The van der Waals surface area contributed by atoms with E-state index in [0.29, 0.717) is 18.0 Å². The van der Waals surface area contributed by atoms with Crippen LogP contribution in [0.3, 0.4) is 0 Å². The van der Waals surface area contributed by atoms with Crippen LogP contribution in [0.5, 0.6) is 0 Å². The summed E-state index contributed by atoms with van der Waals surface area (Å²) in [5.74, 6) is -0.915. The third-order valence-corrected chi connectivity index (χ3v) is 7.10. The predicted molar refractivity (Wildman–Crippen MR) is 98.1 cm³/mol. The summed E-state index contributed by atoms with van der Waals surface area (Å²) in [6.07, 6.45) is 1.73. The molecule has 1 aliphatic heterocycles. The number of hydrogen-bond acceptors (Lipinski definition) is 6. The quantitative estimate of drug-likeness (QED) is 0.557. The number of carbonyl (C=O) groups excluding carboxylic acids is 2. The number of esters is 1. The standard InChI is InChI=1S/C18H19NO5S2/c1-13-4-9-17(25-13)16(20)12-24-18(21)14-5-7-15(8-6-14)26(22,23)19-10-2-3-11-19/h4-9H,2-3,10-12H2,1H3. The van der Waals surface area contributed by atoms with Crippen molar-refractivity contribution in [1.29, 1.82) is 0 Å². The maximum Gasteiger partial charge on any atom is 0.338 e. The van der Waals surface area contributed by atoms with Crippen LogP contribution in [0.1, 0.15) is 37.7 Å². The van der Waals surface area contributed by atoms with E-state index in [1.807, 2.05) is 13.0 Å². The molecule has 0 aliphatic carbocycles. The molecule has 26 heavy (non-hydrogen) atoms. The normalized spacial score (nSPS) is 15.1. The minimum atomic E-state index is -3.51. The number of thiophene rings is 1. The minimum absolute atomic E-state index is 0.154. The molecule has 1 aromatic heterocycles. The van der Waals surface area contributed by atoms with E-state index in [9.17, 15) is 18.0 Å². The highest BCUT2D eigenvalue weighted by atomic mass is 32.2. The zero-order chi connectivity index (χ0) is 18.7. The highest BCUT2D eigenvalue weighted by molar-refractivity contribution is 7.89. The van der Waals surface area contributed by atoms with E-state index in [-0.39, 0.29) is 22.8 Å². The molecule has 138 valence electrons. The molecular formula is C18H19NO5S2. The molecule has 0 atom stereocenters. The summed E-state index contributed by atoms with van der Waals surface area (Å²) in [5.41, 5.74) is 0.209. The van der Waals surface area contributed by atoms with Crippen LogP contribution in [0.2, 0.25) is 0 Å². The summed E-state index contributed by atoms with van der Waals surface area (Å²) in [6.45, 7) is 2.60. The van der Waals surface area contributed by atoms with Crippen molar-refractivity contribution in [2.45, 2.75) is 24.7 Å². The van der Waals surface area contributed by atoms with Gasteiger partial charge in [0.15, 0.2) is 6.61 Å². The molecule has 0 N–H and O–H groups in total. The van der Waals surface area contributed by atoms with Crippen LogP contribution < -0.4 is 0 Å². The van der Waals surface area contributed by atoms with Crippen LogP contribution in [0.4, 0.5) is 0 Å². The third kappa shape index (κ3) is 4.03. The second-order valence-electron chi connectivity index (χ2n) is 6.05. The molecule has 0 bridgehead atoms. The van der Waals surface area contributed by atoms with Gasteiger partial charge in [-0.25, -0.2) is 13.2 Å². The summed E-state index contributed by atoms with van der Waals surface area (Å²) < 4.78 is 31.4. The zero-order valence-electron chi connectivity index (χ0n) is 14.3. The van der Waals surface area contributed by atoms with E-state index < -0.39 is 16.0 Å². The zero-order valence-corrected chi connectivity index (χ0v) is 15.9. The van der Waals surface area contributed by atoms with Crippen LogP contribution in [-0.4, -0.2) is 44.2 Å².